The van der Waals surface area contributed by atoms with E-state index >= 15 is 0 Å². The minimum absolute atomic E-state index is 0.345. The highest BCUT2D eigenvalue weighted by Crippen LogP contribution is 2.58. The molecule has 0 heterocycles. The number of carbonyl (C=O) groups excluding carboxylic acids is 2. The van der Waals surface area contributed by atoms with Crippen molar-refractivity contribution in [3.8, 4) is 0 Å². The molecule has 300 valence electrons. The van der Waals surface area contributed by atoms with Crippen molar-refractivity contribution in [2.24, 2.45) is 23.7 Å². The number of carbonyl (C=O) groups is 2. The summed E-state index contributed by atoms with van der Waals surface area (Å²) in [6, 6.07) is 19.2. The van der Waals surface area contributed by atoms with Gasteiger partial charge in [0.05, 0.1) is 13.2 Å². The van der Waals surface area contributed by atoms with Gasteiger partial charge in [-0.15, -0.1) is 0 Å². The zero-order valence-electron chi connectivity index (χ0n) is 33.6. The summed E-state index contributed by atoms with van der Waals surface area (Å²) in [6.07, 6.45) is 12.5. The largest absolute Gasteiger partial charge is 0.452 e. The molecule has 8 nitrogen and oxygen atoms in total. The summed E-state index contributed by atoms with van der Waals surface area (Å²) in [6.45, 7) is 19.4. The Morgan fingerprint density at radius 3 is 1.31 bits per heavy atom. The molecule has 3 fully saturated rings. The normalized spacial score (nSPS) is 20.4. The van der Waals surface area contributed by atoms with E-state index in [2.05, 4.69) is 13.2 Å². The lowest BCUT2D eigenvalue weighted by Crippen LogP contribution is -2.17. The number of unbranched alkanes of at least 4 members (excludes halogenated alkanes) is 2. The topological polar surface area (TPSA) is 89.5 Å². The van der Waals surface area contributed by atoms with Crippen LogP contribution in [-0.4, -0.2) is 64.8 Å². The highest BCUT2D eigenvalue weighted by Gasteiger charge is 2.48. The molecule has 6 unspecified atom stereocenters. The Bertz CT molecular complexity index is 1240. The van der Waals surface area contributed by atoms with E-state index in [0.717, 1.165) is 63.2 Å². The summed E-state index contributed by atoms with van der Waals surface area (Å²) in [7, 11) is 0. The number of hydrogen-bond acceptors (Lipinski definition) is 8. The molecule has 5 rings (SSSR count). The van der Waals surface area contributed by atoms with Crippen molar-refractivity contribution >= 4 is 11.9 Å². The van der Waals surface area contributed by atoms with Gasteiger partial charge in [0, 0.05) is 50.8 Å². The number of fused-ring (bicyclic) bond motifs is 5. The third-order valence-corrected chi connectivity index (χ3v) is 10.5. The van der Waals surface area contributed by atoms with E-state index in [9.17, 15) is 9.59 Å². The van der Waals surface area contributed by atoms with Crippen LogP contribution < -0.4 is 0 Å². The number of hydrogen-bond donors (Lipinski definition) is 0. The molecular formula is C46H68O8. The zero-order valence-corrected chi connectivity index (χ0v) is 33.6. The van der Waals surface area contributed by atoms with Crippen LogP contribution in [0.15, 0.2) is 85.0 Å². The Morgan fingerprint density at radius 1 is 0.593 bits per heavy atom. The summed E-state index contributed by atoms with van der Waals surface area (Å²) in [5.41, 5.74) is 2.62. The van der Waals surface area contributed by atoms with E-state index in [4.69, 9.17) is 28.4 Å². The maximum absolute atomic E-state index is 11.7. The second kappa shape index (κ2) is 26.5. The lowest BCUT2D eigenvalue weighted by Gasteiger charge is -2.23. The first-order valence-corrected chi connectivity index (χ1v) is 20.4. The van der Waals surface area contributed by atoms with Gasteiger partial charge in [-0.1, -0.05) is 80.2 Å². The van der Waals surface area contributed by atoms with Gasteiger partial charge in [-0.05, 0) is 120 Å². The Hall–Kier alpha value is -3.30. The fourth-order valence-electron chi connectivity index (χ4n) is 7.70. The van der Waals surface area contributed by atoms with Crippen molar-refractivity contribution in [3.63, 3.8) is 0 Å². The molecule has 0 spiro atoms. The molecule has 0 aliphatic heterocycles. The summed E-state index contributed by atoms with van der Waals surface area (Å²) in [5, 5.41) is 0. The van der Waals surface area contributed by atoms with Gasteiger partial charge < -0.3 is 28.4 Å². The van der Waals surface area contributed by atoms with Gasteiger partial charge in [0.25, 0.3) is 0 Å². The SMILES string of the molecule is C1CC2C3CCC(C3)C2C1.C=C(C)C(=O)OC(COCCCCOCC)c1ccccc1.C=C(C)C(=O)OC(COCCCCOCC)c1ccccc1. The summed E-state index contributed by atoms with van der Waals surface area (Å²) < 4.78 is 32.8. The molecule has 0 amide bonds. The van der Waals surface area contributed by atoms with Crippen molar-refractivity contribution < 1.29 is 38.0 Å². The van der Waals surface area contributed by atoms with E-state index in [-0.39, 0.29) is 0 Å². The molecule has 54 heavy (non-hydrogen) atoms. The van der Waals surface area contributed by atoms with Crippen LogP contribution >= 0.6 is 0 Å². The van der Waals surface area contributed by atoms with Crippen LogP contribution in [0.5, 0.6) is 0 Å². The Kier molecular flexibility index (Phi) is 22.1. The highest BCUT2D eigenvalue weighted by atomic mass is 16.6. The lowest BCUT2D eigenvalue weighted by molar-refractivity contribution is -0.148. The van der Waals surface area contributed by atoms with Crippen molar-refractivity contribution in [1.82, 2.24) is 0 Å². The minimum Gasteiger partial charge on any atom is -0.452 e. The zero-order chi connectivity index (χ0) is 39.0. The summed E-state index contributed by atoms with van der Waals surface area (Å²) >= 11 is 0. The third-order valence-electron chi connectivity index (χ3n) is 10.5. The van der Waals surface area contributed by atoms with Crippen molar-refractivity contribution in [2.75, 3.05) is 52.9 Å². The molecule has 3 aliphatic carbocycles. The Morgan fingerprint density at radius 2 is 0.963 bits per heavy atom. The molecule has 8 heteroatoms. The van der Waals surface area contributed by atoms with E-state index in [1.54, 1.807) is 52.4 Å². The van der Waals surface area contributed by atoms with Gasteiger partial charge >= 0.3 is 11.9 Å². The Balaban J connectivity index is 0.000000231. The van der Waals surface area contributed by atoms with Gasteiger partial charge in [0.1, 0.15) is 0 Å². The van der Waals surface area contributed by atoms with Crippen molar-refractivity contribution in [3.05, 3.63) is 96.1 Å². The molecule has 0 N–H and O–H groups in total. The minimum atomic E-state index is -0.405. The highest BCUT2D eigenvalue weighted by molar-refractivity contribution is 5.87. The number of ether oxygens (including phenoxy) is 6. The molecule has 3 aliphatic rings. The van der Waals surface area contributed by atoms with Crippen LogP contribution in [-0.2, 0) is 38.0 Å². The monoisotopic (exact) mass is 748 g/mol. The average molecular weight is 749 g/mol. The maximum Gasteiger partial charge on any atom is 0.333 e. The molecular weight excluding hydrogens is 680 g/mol. The molecule has 3 saturated carbocycles. The Labute approximate surface area is 326 Å². The number of benzene rings is 2. The first-order chi connectivity index (χ1) is 26.2. The summed E-state index contributed by atoms with van der Waals surface area (Å²) in [4.78, 5) is 23.5. The van der Waals surface area contributed by atoms with Crippen LogP contribution in [0.2, 0.25) is 0 Å². The third kappa shape index (κ3) is 16.6. The standard InChI is InChI=1S/2C18H26O4.C10H16/c2*1-4-20-12-8-9-13-21-14-17(22-18(19)15(2)3)16-10-6-5-7-11-16;1-2-9-7-4-5-8(6-7)10(9)3-1/h2*5-7,10-11,17H,2,4,8-9,12-14H2,1,3H3;7-10H,1-6H2. The van der Waals surface area contributed by atoms with Gasteiger partial charge in [0.2, 0.25) is 0 Å². The van der Waals surface area contributed by atoms with Gasteiger partial charge in [-0.25, -0.2) is 9.59 Å². The van der Waals surface area contributed by atoms with Crippen LogP contribution in [0, 0.1) is 23.7 Å². The second-order valence-corrected chi connectivity index (χ2v) is 14.7. The van der Waals surface area contributed by atoms with E-state index < -0.39 is 24.1 Å². The van der Waals surface area contributed by atoms with Crippen LogP contribution in [0.25, 0.3) is 0 Å². The molecule has 2 bridgehead atoms. The lowest BCUT2D eigenvalue weighted by atomic mass is 9.82. The second-order valence-electron chi connectivity index (χ2n) is 14.7. The van der Waals surface area contributed by atoms with Gasteiger partial charge in [-0.2, -0.15) is 0 Å². The van der Waals surface area contributed by atoms with E-state index in [1.165, 1.54) is 23.7 Å². The van der Waals surface area contributed by atoms with Crippen LogP contribution in [0.1, 0.15) is 115 Å². The molecule has 0 saturated heterocycles. The first-order valence-electron chi connectivity index (χ1n) is 20.4. The predicted molar refractivity (Wildman–Crippen MR) is 215 cm³/mol. The van der Waals surface area contributed by atoms with Crippen molar-refractivity contribution in [2.45, 2.75) is 104 Å². The molecule has 6 atom stereocenters. The van der Waals surface area contributed by atoms with Gasteiger partial charge in [0.15, 0.2) is 12.2 Å². The van der Waals surface area contributed by atoms with Crippen LogP contribution in [0.3, 0.4) is 0 Å². The quantitative estimate of drug-likeness (QED) is 0.0668. The number of esters is 2. The van der Waals surface area contributed by atoms with E-state index in [0.29, 0.717) is 37.6 Å². The van der Waals surface area contributed by atoms with Crippen molar-refractivity contribution in [1.29, 1.82) is 0 Å². The number of rotatable bonds is 22. The first kappa shape index (κ1) is 45.1. The van der Waals surface area contributed by atoms with E-state index in [1.807, 2.05) is 74.5 Å². The molecule has 0 aromatic heterocycles. The van der Waals surface area contributed by atoms with Crippen LogP contribution in [0.4, 0.5) is 0 Å². The smallest absolute Gasteiger partial charge is 0.333 e. The predicted octanol–water partition coefficient (Wildman–Crippen LogP) is 10.2. The molecule has 2 aromatic rings. The molecule has 2 aromatic carbocycles. The average Bonchev–Trinajstić information content (AvgIpc) is 3.95. The van der Waals surface area contributed by atoms with Gasteiger partial charge in [-0.3, -0.25) is 0 Å². The summed E-state index contributed by atoms with van der Waals surface area (Å²) in [5.74, 6) is 4.01. The molecule has 0 radical (unpaired) electrons. The fourth-order valence-corrected chi connectivity index (χ4v) is 7.70. The maximum atomic E-state index is 11.7. The fraction of sp³-hybridized carbons (Fsp3) is 0.609.